The van der Waals surface area contributed by atoms with Crippen molar-refractivity contribution in [2.45, 2.75) is 19.8 Å². The molecule has 0 unspecified atom stereocenters. The number of fused-ring (bicyclic) bond motifs is 1. The molecule has 4 nitrogen and oxygen atoms in total. The van der Waals surface area contributed by atoms with Gasteiger partial charge in [-0.25, -0.2) is 4.98 Å². The van der Waals surface area contributed by atoms with Crippen LogP contribution in [-0.2, 0) is 11.2 Å². The van der Waals surface area contributed by atoms with E-state index in [2.05, 4.69) is 37.3 Å². The van der Waals surface area contributed by atoms with Crippen LogP contribution in [0, 0.1) is 6.92 Å². The summed E-state index contributed by atoms with van der Waals surface area (Å²) in [6.07, 6.45) is 1.07. The Hall–Kier alpha value is -3.96. The van der Waals surface area contributed by atoms with Crippen LogP contribution in [0.5, 0.6) is 5.75 Å². The summed E-state index contributed by atoms with van der Waals surface area (Å²) in [7, 11) is 1.66. The second-order valence-electron chi connectivity index (χ2n) is 8.34. The molecule has 4 aromatic carbocycles. The van der Waals surface area contributed by atoms with Crippen LogP contribution in [0.15, 0.2) is 97.1 Å². The molecule has 0 saturated carbocycles. The summed E-state index contributed by atoms with van der Waals surface area (Å²) in [4.78, 5) is 21.6. The van der Waals surface area contributed by atoms with E-state index in [1.807, 2.05) is 66.7 Å². The van der Waals surface area contributed by atoms with Crippen LogP contribution in [0.1, 0.15) is 16.9 Å². The number of ether oxygens (including phenoxy) is 1. The second kappa shape index (κ2) is 10.1. The molecule has 0 aliphatic rings. The van der Waals surface area contributed by atoms with Gasteiger partial charge in [-0.3, -0.25) is 9.69 Å². The Balaban J connectivity index is 1.56. The van der Waals surface area contributed by atoms with Gasteiger partial charge in [-0.2, -0.15) is 0 Å². The molecule has 0 aliphatic carbocycles. The first-order chi connectivity index (χ1) is 17.1. The lowest BCUT2D eigenvalue weighted by molar-refractivity contribution is -0.117. The first-order valence-corrected chi connectivity index (χ1v) is 12.4. The largest absolute Gasteiger partial charge is 0.497 e. The van der Waals surface area contributed by atoms with E-state index in [1.165, 1.54) is 0 Å². The monoisotopic (exact) mass is 478 g/mol. The van der Waals surface area contributed by atoms with Crippen molar-refractivity contribution in [2.24, 2.45) is 0 Å². The first-order valence-electron chi connectivity index (χ1n) is 11.6. The third kappa shape index (κ3) is 4.81. The normalized spacial score (nSPS) is 10.9. The van der Waals surface area contributed by atoms with Crippen LogP contribution in [0.2, 0.25) is 0 Å². The van der Waals surface area contributed by atoms with Crippen molar-refractivity contribution in [1.82, 2.24) is 4.98 Å². The van der Waals surface area contributed by atoms with Crippen molar-refractivity contribution in [2.75, 3.05) is 12.0 Å². The molecule has 0 atom stereocenters. The van der Waals surface area contributed by atoms with Gasteiger partial charge in [0.05, 0.1) is 18.5 Å². The van der Waals surface area contributed by atoms with E-state index in [4.69, 9.17) is 9.72 Å². The summed E-state index contributed by atoms with van der Waals surface area (Å²) in [5.74, 6) is 0.829. The zero-order valence-corrected chi connectivity index (χ0v) is 20.6. The standard InChI is InChI=1S/C30H26N2O2S/c1-21-29(24-16-18-25(34-2)19-17-24)31-30(35-21)32(28(33)20-15-22-9-4-3-5-10-22)27-14-8-12-23-11-6-7-13-26(23)27/h3-14,16-19H,15,20H2,1-2H3. The molecule has 0 radical (unpaired) electrons. The van der Waals surface area contributed by atoms with Crippen molar-refractivity contribution in [3.05, 3.63) is 108 Å². The molecule has 0 N–H and O–H groups in total. The number of carbonyl (C=O) groups is 1. The number of nitrogens with zero attached hydrogens (tertiary/aromatic N) is 2. The Bertz CT molecular complexity index is 1450. The maximum atomic E-state index is 13.8. The summed E-state index contributed by atoms with van der Waals surface area (Å²) in [6, 6.07) is 32.2. The number of benzene rings is 4. The van der Waals surface area contributed by atoms with E-state index in [1.54, 1.807) is 23.3 Å². The summed E-state index contributed by atoms with van der Waals surface area (Å²) in [5, 5.41) is 2.80. The van der Waals surface area contributed by atoms with Crippen molar-refractivity contribution in [3.8, 4) is 17.0 Å². The van der Waals surface area contributed by atoms with Gasteiger partial charge >= 0.3 is 0 Å². The van der Waals surface area contributed by atoms with E-state index in [0.717, 1.165) is 43.9 Å². The maximum absolute atomic E-state index is 13.8. The van der Waals surface area contributed by atoms with Gasteiger partial charge in [0, 0.05) is 22.2 Å². The van der Waals surface area contributed by atoms with Gasteiger partial charge in [0.15, 0.2) is 5.13 Å². The predicted molar refractivity (Wildman–Crippen MR) is 145 cm³/mol. The molecule has 0 bridgehead atoms. The van der Waals surface area contributed by atoms with Gasteiger partial charge < -0.3 is 4.74 Å². The molecule has 0 fully saturated rings. The molecular weight excluding hydrogens is 452 g/mol. The molecule has 35 heavy (non-hydrogen) atoms. The minimum atomic E-state index is 0.0280. The van der Waals surface area contributed by atoms with E-state index in [9.17, 15) is 4.79 Å². The van der Waals surface area contributed by atoms with Crippen LogP contribution in [0.25, 0.3) is 22.0 Å². The Kier molecular flexibility index (Phi) is 6.59. The fraction of sp³-hybridized carbons (Fsp3) is 0.133. The molecule has 174 valence electrons. The highest BCUT2D eigenvalue weighted by molar-refractivity contribution is 7.16. The molecule has 5 heteroatoms. The zero-order chi connectivity index (χ0) is 24.2. The highest BCUT2D eigenvalue weighted by Gasteiger charge is 2.24. The molecule has 1 amide bonds. The first kappa shape index (κ1) is 22.8. The number of anilines is 2. The van der Waals surface area contributed by atoms with Crippen LogP contribution in [0.3, 0.4) is 0 Å². The quantitative estimate of drug-likeness (QED) is 0.242. The van der Waals surface area contributed by atoms with Crippen molar-refractivity contribution < 1.29 is 9.53 Å². The Labute approximate surface area is 209 Å². The number of amides is 1. The number of carbonyl (C=O) groups excluding carboxylic acids is 1. The van der Waals surface area contributed by atoms with Crippen LogP contribution in [0.4, 0.5) is 10.8 Å². The highest BCUT2D eigenvalue weighted by Crippen LogP contribution is 2.39. The van der Waals surface area contributed by atoms with Crippen molar-refractivity contribution >= 4 is 38.8 Å². The Morgan fingerprint density at radius 3 is 2.37 bits per heavy atom. The minimum absolute atomic E-state index is 0.0280. The number of hydrogen-bond donors (Lipinski definition) is 0. The van der Waals surface area contributed by atoms with Crippen molar-refractivity contribution in [3.63, 3.8) is 0 Å². The second-order valence-corrected chi connectivity index (χ2v) is 9.52. The van der Waals surface area contributed by atoms with E-state index >= 15 is 0 Å². The predicted octanol–water partition coefficient (Wildman–Crippen LogP) is 7.58. The average molecular weight is 479 g/mol. The molecule has 0 saturated heterocycles. The van der Waals surface area contributed by atoms with Gasteiger partial charge in [0.2, 0.25) is 5.91 Å². The summed E-state index contributed by atoms with van der Waals surface area (Å²) in [5.41, 5.74) is 3.89. The topological polar surface area (TPSA) is 42.4 Å². The molecule has 5 rings (SSSR count). The summed E-state index contributed by atoms with van der Waals surface area (Å²) >= 11 is 1.54. The van der Waals surface area contributed by atoms with Gasteiger partial charge in [-0.1, -0.05) is 66.7 Å². The number of thiazole rings is 1. The average Bonchev–Trinajstić information content (AvgIpc) is 3.29. The molecular formula is C30H26N2O2S. The highest BCUT2D eigenvalue weighted by atomic mass is 32.1. The van der Waals surface area contributed by atoms with Crippen LogP contribution < -0.4 is 9.64 Å². The smallest absolute Gasteiger partial charge is 0.233 e. The van der Waals surface area contributed by atoms with Gasteiger partial charge in [0.1, 0.15) is 5.75 Å². The summed E-state index contributed by atoms with van der Waals surface area (Å²) in [6.45, 7) is 2.05. The Morgan fingerprint density at radius 2 is 1.60 bits per heavy atom. The van der Waals surface area contributed by atoms with E-state index in [0.29, 0.717) is 18.0 Å². The molecule has 0 spiro atoms. The lowest BCUT2D eigenvalue weighted by Gasteiger charge is -2.22. The Morgan fingerprint density at radius 1 is 0.886 bits per heavy atom. The number of methoxy groups -OCH3 is 1. The SMILES string of the molecule is COc1ccc(-c2nc(N(C(=O)CCc3ccccc3)c3cccc4ccccc34)sc2C)cc1. The third-order valence-corrected chi connectivity index (χ3v) is 7.02. The fourth-order valence-corrected chi connectivity index (χ4v) is 5.21. The number of hydrogen-bond acceptors (Lipinski definition) is 4. The fourth-order valence-electron chi connectivity index (χ4n) is 4.25. The number of aryl methyl sites for hydroxylation is 2. The maximum Gasteiger partial charge on any atom is 0.233 e. The summed E-state index contributed by atoms with van der Waals surface area (Å²) < 4.78 is 5.30. The third-order valence-electron chi connectivity index (χ3n) is 6.07. The minimum Gasteiger partial charge on any atom is -0.497 e. The molecule has 1 heterocycles. The van der Waals surface area contributed by atoms with Gasteiger partial charge in [-0.05, 0) is 54.6 Å². The van der Waals surface area contributed by atoms with E-state index < -0.39 is 0 Å². The van der Waals surface area contributed by atoms with Crippen LogP contribution >= 0.6 is 11.3 Å². The van der Waals surface area contributed by atoms with Crippen molar-refractivity contribution in [1.29, 1.82) is 0 Å². The van der Waals surface area contributed by atoms with E-state index in [-0.39, 0.29) is 5.91 Å². The number of rotatable bonds is 7. The number of aromatic nitrogens is 1. The lowest BCUT2D eigenvalue weighted by atomic mass is 10.1. The van der Waals surface area contributed by atoms with Gasteiger partial charge in [0.25, 0.3) is 0 Å². The zero-order valence-electron chi connectivity index (χ0n) is 19.8. The van der Waals surface area contributed by atoms with Crippen LogP contribution in [-0.4, -0.2) is 18.0 Å². The molecule has 1 aromatic heterocycles. The lowest BCUT2D eigenvalue weighted by Crippen LogP contribution is -2.26. The van der Waals surface area contributed by atoms with Gasteiger partial charge in [-0.15, -0.1) is 11.3 Å². The molecule has 0 aliphatic heterocycles. The molecule has 5 aromatic rings.